The van der Waals surface area contributed by atoms with Crippen molar-refractivity contribution in [2.75, 3.05) is 0 Å². The van der Waals surface area contributed by atoms with Crippen LogP contribution in [0.5, 0.6) is 0 Å². The Morgan fingerprint density at radius 1 is 1.19 bits per heavy atom. The van der Waals surface area contributed by atoms with Gasteiger partial charge in [-0.2, -0.15) is 0 Å². The van der Waals surface area contributed by atoms with Gasteiger partial charge in [-0.1, -0.05) is 31.2 Å². The van der Waals surface area contributed by atoms with Gasteiger partial charge < -0.3 is 10.6 Å². The Hall–Kier alpha value is -1.84. The Morgan fingerprint density at radius 2 is 1.81 bits per heavy atom. The van der Waals surface area contributed by atoms with Crippen molar-refractivity contribution in [3.8, 4) is 0 Å². The fraction of sp³-hybridized carbons (Fsp3) is 0.529. The van der Waals surface area contributed by atoms with Crippen molar-refractivity contribution in [3.63, 3.8) is 0 Å². The Balaban J connectivity index is 2.65. The summed E-state index contributed by atoms with van der Waals surface area (Å²) >= 11 is 0. The molecule has 0 aromatic heterocycles. The second-order valence-corrected chi connectivity index (χ2v) is 6.02. The van der Waals surface area contributed by atoms with Gasteiger partial charge in [0.25, 0.3) is 0 Å². The molecule has 1 rings (SSSR count). The van der Waals surface area contributed by atoms with Crippen molar-refractivity contribution in [2.45, 2.75) is 53.6 Å². The Labute approximate surface area is 127 Å². The summed E-state index contributed by atoms with van der Waals surface area (Å²) in [5.41, 5.74) is 1.11. The molecular weight excluding hydrogens is 264 g/mol. The maximum Gasteiger partial charge on any atom is 0.235 e. The zero-order valence-electron chi connectivity index (χ0n) is 13.6. The van der Waals surface area contributed by atoms with Gasteiger partial charge in [-0.15, -0.1) is 0 Å². The predicted octanol–water partition coefficient (Wildman–Crippen LogP) is 2.55. The van der Waals surface area contributed by atoms with Crippen LogP contribution in [0.25, 0.3) is 0 Å². The minimum absolute atomic E-state index is 0.0703. The minimum atomic E-state index is -1.08. The van der Waals surface area contributed by atoms with Gasteiger partial charge in [0, 0.05) is 12.6 Å². The first-order valence-electron chi connectivity index (χ1n) is 7.42. The molecule has 0 saturated heterocycles. The van der Waals surface area contributed by atoms with Crippen LogP contribution in [0, 0.1) is 12.3 Å². The van der Waals surface area contributed by atoms with Crippen LogP contribution in [0.2, 0.25) is 0 Å². The Morgan fingerprint density at radius 3 is 2.38 bits per heavy atom. The van der Waals surface area contributed by atoms with Crippen LogP contribution in [0.3, 0.4) is 0 Å². The van der Waals surface area contributed by atoms with Crippen molar-refractivity contribution < 1.29 is 9.59 Å². The molecule has 1 aromatic rings. The molecule has 116 valence electrons. The van der Waals surface area contributed by atoms with Gasteiger partial charge in [-0.25, -0.2) is 0 Å². The highest BCUT2D eigenvalue weighted by Gasteiger charge is 2.36. The fourth-order valence-electron chi connectivity index (χ4n) is 1.81. The van der Waals surface area contributed by atoms with Gasteiger partial charge in [0.15, 0.2) is 0 Å². The van der Waals surface area contributed by atoms with E-state index in [1.807, 2.05) is 45.0 Å². The van der Waals surface area contributed by atoms with E-state index in [0.29, 0.717) is 6.54 Å². The number of aryl methyl sites for hydroxylation is 1. The summed E-state index contributed by atoms with van der Waals surface area (Å²) in [4.78, 5) is 24.5. The predicted molar refractivity (Wildman–Crippen MR) is 84.7 cm³/mol. The maximum absolute atomic E-state index is 12.3. The van der Waals surface area contributed by atoms with Gasteiger partial charge in [0.05, 0.1) is 0 Å². The Bertz CT molecular complexity index is 509. The molecule has 2 amide bonds. The minimum Gasteiger partial charge on any atom is -0.353 e. The normalized spacial score (nSPS) is 12.6. The number of benzene rings is 1. The second-order valence-electron chi connectivity index (χ2n) is 6.02. The van der Waals surface area contributed by atoms with Crippen LogP contribution in [0.4, 0.5) is 0 Å². The molecule has 0 radical (unpaired) electrons. The number of rotatable bonds is 6. The van der Waals surface area contributed by atoms with Crippen LogP contribution >= 0.6 is 0 Å². The lowest BCUT2D eigenvalue weighted by atomic mass is 9.90. The highest BCUT2D eigenvalue weighted by Crippen LogP contribution is 2.17. The van der Waals surface area contributed by atoms with Crippen molar-refractivity contribution in [1.29, 1.82) is 0 Å². The molecule has 0 aliphatic rings. The first kappa shape index (κ1) is 17.2. The average molecular weight is 290 g/mol. The van der Waals surface area contributed by atoms with Gasteiger partial charge >= 0.3 is 0 Å². The molecule has 1 aromatic carbocycles. The van der Waals surface area contributed by atoms with Crippen LogP contribution in [-0.2, 0) is 16.1 Å². The van der Waals surface area contributed by atoms with Crippen LogP contribution in [0.15, 0.2) is 24.3 Å². The molecular formula is C17H26N2O2. The van der Waals surface area contributed by atoms with E-state index < -0.39 is 5.41 Å². The highest BCUT2D eigenvalue weighted by atomic mass is 16.2. The van der Waals surface area contributed by atoms with Crippen molar-refractivity contribution in [1.82, 2.24) is 10.6 Å². The molecule has 0 saturated carbocycles. The zero-order valence-corrected chi connectivity index (χ0v) is 13.6. The van der Waals surface area contributed by atoms with Crippen LogP contribution in [-0.4, -0.2) is 17.9 Å². The SMILES string of the molecule is CCC(C)NC(=O)C(C)(C)C(=O)NCc1ccccc1C. The monoisotopic (exact) mass is 290 g/mol. The third-order valence-corrected chi connectivity index (χ3v) is 3.83. The van der Waals surface area contributed by atoms with E-state index in [1.54, 1.807) is 13.8 Å². The van der Waals surface area contributed by atoms with Crippen LogP contribution < -0.4 is 10.6 Å². The maximum atomic E-state index is 12.3. The zero-order chi connectivity index (χ0) is 16.0. The van der Waals surface area contributed by atoms with E-state index >= 15 is 0 Å². The number of amides is 2. The Kier molecular flexibility index (Phi) is 5.94. The third kappa shape index (κ3) is 4.59. The molecule has 1 atom stereocenters. The summed E-state index contributed by atoms with van der Waals surface area (Å²) < 4.78 is 0. The van der Waals surface area contributed by atoms with E-state index in [9.17, 15) is 9.59 Å². The molecule has 0 heterocycles. The molecule has 0 spiro atoms. The van der Waals surface area contributed by atoms with E-state index in [1.165, 1.54) is 0 Å². The average Bonchev–Trinajstić information content (AvgIpc) is 2.45. The number of nitrogens with one attached hydrogen (secondary N) is 2. The smallest absolute Gasteiger partial charge is 0.235 e. The first-order valence-corrected chi connectivity index (χ1v) is 7.42. The van der Waals surface area contributed by atoms with Crippen molar-refractivity contribution >= 4 is 11.8 Å². The number of hydrogen-bond acceptors (Lipinski definition) is 2. The van der Waals surface area contributed by atoms with E-state index in [4.69, 9.17) is 0 Å². The summed E-state index contributed by atoms with van der Waals surface area (Å²) in [6, 6.07) is 7.95. The molecule has 0 fully saturated rings. The van der Waals surface area contributed by atoms with E-state index in [-0.39, 0.29) is 17.9 Å². The standard InChI is InChI=1S/C17H26N2O2/c1-6-13(3)19-16(21)17(4,5)15(20)18-11-14-10-8-7-9-12(14)2/h7-10,13H,6,11H2,1-5H3,(H,18,20)(H,19,21). The molecule has 0 aliphatic carbocycles. The van der Waals surface area contributed by atoms with E-state index in [2.05, 4.69) is 10.6 Å². The summed E-state index contributed by atoms with van der Waals surface area (Å²) in [5, 5.41) is 5.71. The summed E-state index contributed by atoms with van der Waals surface area (Å²) in [7, 11) is 0. The number of hydrogen-bond donors (Lipinski definition) is 2. The highest BCUT2D eigenvalue weighted by molar-refractivity contribution is 6.04. The lowest BCUT2D eigenvalue weighted by Gasteiger charge is -2.25. The number of carbonyl (C=O) groups is 2. The van der Waals surface area contributed by atoms with Gasteiger partial charge in [-0.05, 0) is 45.2 Å². The van der Waals surface area contributed by atoms with Gasteiger partial charge in [0.2, 0.25) is 11.8 Å². The molecule has 2 N–H and O–H groups in total. The molecule has 1 unspecified atom stereocenters. The lowest BCUT2D eigenvalue weighted by molar-refractivity contribution is -0.141. The molecule has 4 heteroatoms. The van der Waals surface area contributed by atoms with Gasteiger partial charge in [0.1, 0.15) is 5.41 Å². The molecule has 4 nitrogen and oxygen atoms in total. The van der Waals surface area contributed by atoms with Crippen LogP contribution in [0.1, 0.15) is 45.2 Å². The largest absolute Gasteiger partial charge is 0.353 e. The summed E-state index contributed by atoms with van der Waals surface area (Å²) in [6.45, 7) is 9.67. The topological polar surface area (TPSA) is 58.2 Å². The number of carbonyl (C=O) groups excluding carboxylic acids is 2. The second kappa shape index (κ2) is 7.25. The van der Waals surface area contributed by atoms with Crippen molar-refractivity contribution in [2.24, 2.45) is 5.41 Å². The third-order valence-electron chi connectivity index (χ3n) is 3.83. The molecule has 21 heavy (non-hydrogen) atoms. The summed E-state index contributed by atoms with van der Waals surface area (Å²) in [6.07, 6.45) is 0.840. The molecule has 0 aliphatic heterocycles. The quantitative estimate of drug-likeness (QED) is 0.791. The summed E-state index contributed by atoms with van der Waals surface area (Å²) in [5.74, 6) is -0.495. The van der Waals surface area contributed by atoms with Crippen molar-refractivity contribution in [3.05, 3.63) is 35.4 Å². The van der Waals surface area contributed by atoms with Gasteiger partial charge in [-0.3, -0.25) is 9.59 Å². The molecule has 0 bridgehead atoms. The fourth-order valence-corrected chi connectivity index (χ4v) is 1.81. The first-order chi connectivity index (χ1) is 9.78. The lowest BCUT2D eigenvalue weighted by Crippen LogP contribution is -2.49. The van der Waals surface area contributed by atoms with E-state index in [0.717, 1.165) is 17.5 Å².